The van der Waals surface area contributed by atoms with E-state index in [1.807, 2.05) is 26.1 Å². The van der Waals surface area contributed by atoms with Crippen LogP contribution in [0.1, 0.15) is 24.1 Å². The number of hydrogen-bond acceptors (Lipinski definition) is 2. The minimum Gasteiger partial charge on any atom is -0.398 e. The molecule has 1 aromatic rings. The Kier molecular flexibility index (Phi) is 2.71. The minimum atomic E-state index is 0.324. The molecule has 0 radical (unpaired) electrons. The highest BCUT2D eigenvalue weighted by atomic mass is 14.9. The third-order valence-corrected chi connectivity index (χ3v) is 2.26. The fourth-order valence-corrected chi connectivity index (χ4v) is 1.24. The van der Waals surface area contributed by atoms with Crippen molar-refractivity contribution in [3.05, 3.63) is 29.3 Å². The summed E-state index contributed by atoms with van der Waals surface area (Å²) >= 11 is 0. The molecule has 0 aliphatic heterocycles. The Morgan fingerprint density at radius 2 is 2.08 bits per heavy atom. The molecule has 0 aliphatic rings. The van der Waals surface area contributed by atoms with Crippen LogP contribution in [0.5, 0.6) is 0 Å². The first-order valence-electron chi connectivity index (χ1n) is 4.19. The van der Waals surface area contributed by atoms with E-state index in [9.17, 15) is 0 Å². The number of nitrogens with one attached hydrogen (secondary N) is 1. The number of para-hydroxylation sites is 1. The summed E-state index contributed by atoms with van der Waals surface area (Å²) in [5.41, 5.74) is 9.15. The lowest BCUT2D eigenvalue weighted by Gasteiger charge is -2.14. The normalized spacial score (nSPS) is 12.9. The van der Waals surface area contributed by atoms with Gasteiger partial charge in [0.1, 0.15) is 0 Å². The van der Waals surface area contributed by atoms with Crippen molar-refractivity contribution in [2.75, 3.05) is 12.8 Å². The maximum atomic E-state index is 5.92. The van der Waals surface area contributed by atoms with Gasteiger partial charge in [0.05, 0.1) is 0 Å². The van der Waals surface area contributed by atoms with Crippen molar-refractivity contribution in [3.8, 4) is 0 Å². The summed E-state index contributed by atoms with van der Waals surface area (Å²) in [5.74, 6) is 0. The molecule has 3 N–H and O–H groups in total. The van der Waals surface area contributed by atoms with Crippen molar-refractivity contribution in [1.29, 1.82) is 0 Å². The number of hydrogen-bond donors (Lipinski definition) is 2. The molecular formula is C10H16N2. The molecule has 0 fully saturated rings. The fraction of sp³-hybridized carbons (Fsp3) is 0.400. The van der Waals surface area contributed by atoms with Crippen molar-refractivity contribution in [3.63, 3.8) is 0 Å². The highest BCUT2D eigenvalue weighted by Gasteiger charge is 2.06. The molecule has 1 aromatic carbocycles. The largest absolute Gasteiger partial charge is 0.398 e. The van der Waals surface area contributed by atoms with Gasteiger partial charge >= 0.3 is 0 Å². The zero-order valence-corrected chi connectivity index (χ0v) is 7.89. The second kappa shape index (κ2) is 3.59. The van der Waals surface area contributed by atoms with Crippen molar-refractivity contribution in [2.24, 2.45) is 0 Å². The number of nitrogens with two attached hydrogens (primary N) is 1. The van der Waals surface area contributed by atoms with Gasteiger partial charge in [-0.3, -0.25) is 0 Å². The Balaban J connectivity index is 3.07. The Bertz CT molecular complexity index is 269. The van der Waals surface area contributed by atoms with Crippen LogP contribution in [-0.4, -0.2) is 7.05 Å². The average molecular weight is 164 g/mol. The van der Waals surface area contributed by atoms with Crippen LogP contribution < -0.4 is 11.1 Å². The van der Waals surface area contributed by atoms with Gasteiger partial charge in [-0.1, -0.05) is 18.2 Å². The van der Waals surface area contributed by atoms with Gasteiger partial charge in [-0.2, -0.15) is 0 Å². The molecule has 1 unspecified atom stereocenters. The maximum Gasteiger partial charge on any atom is 0.0392 e. The van der Waals surface area contributed by atoms with Crippen LogP contribution in [0, 0.1) is 6.92 Å². The zero-order valence-electron chi connectivity index (χ0n) is 7.89. The summed E-state index contributed by atoms with van der Waals surface area (Å²) in [4.78, 5) is 0. The zero-order chi connectivity index (χ0) is 9.14. The van der Waals surface area contributed by atoms with Gasteiger partial charge in [0.25, 0.3) is 0 Å². The van der Waals surface area contributed by atoms with Crippen LogP contribution in [-0.2, 0) is 0 Å². The molecule has 66 valence electrons. The van der Waals surface area contributed by atoms with Crippen molar-refractivity contribution in [1.82, 2.24) is 5.32 Å². The van der Waals surface area contributed by atoms with Crippen molar-refractivity contribution >= 4 is 5.69 Å². The molecule has 0 spiro atoms. The third-order valence-electron chi connectivity index (χ3n) is 2.26. The Hall–Kier alpha value is -1.02. The highest BCUT2D eigenvalue weighted by molar-refractivity contribution is 5.54. The molecular weight excluding hydrogens is 148 g/mol. The van der Waals surface area contributed by atoms with E-state index in [-0.39, 0.29) is 0 Å². The van der Waals surface area contributed by atoms with Crippen LogP contribution in [0.15, 0.2) is 18.2 Å². The highest BCUT2D eigenvalue weighted by Crippen LogP contribution is 2.22. The van der Waals surface area contributed by atoms with Gasteiger partial charge < -0.3 is 11.1 Å². The van der Waals surface area contributed by atoms with Crippen LogP contribution in [0.3, 0.4) is 0 Å². The van der Waals surface area contributed by atoms with Gasteiger partial charge in [0.15, 0.2) is 0 Å². The Morgan fingerprint density at radius 1 is 1.42 bits per heavy atom. The van der Waals surface area contributed by atoms with E-state index in [4.69, 9.17) is 5.73 Å². The molecule has 0 saturated carbocycles. The van der Waals surface area contributed by atoms with E-state index in [0.29, 0.717) is 6.04 Å². The average Bonchev–Trinajstić information content (AvgIpc) is 2.08. The number of nitrogen functional groups attached to an aromatic ring is 1. The maximum absolute atomic E-state index is 5.92. The SMILES string of the molecule is CNC(C)c1cccc(C)c1N. The van der Waals surface area contributed by atoms with E-state index < -0.39 is 0 Å². The van der Waals surface area contributed by atoms with Crippen molar-refractivity contribution < 1.29 is 0 Å². The lowest BCUT2D eigenvalue weighted by molar-refractivity contribution is 0.654. The van der Waals surface area contributed by atoms with E-state index >= 15 is 0 Å². The predicted molar refractivity (Wildman–Crippen MR) is 53.1 cm³/mol. The minimum absolute atomic E-state index is 0.324. The number of benzene rings is 1. The summed E-state index contributed by atoms with van der Waals surface area (Å²) in [6, 6.07) is 6.45. The topological polar surface area (TPSA) is 38.0 Å². The van der Waals surface area contributed by atoms with E-state index in [1.54, 1.807) is 0 Å². The van der Waals surface area contributed by atoms with Gasteiger partial charge in [-0.05, 0) is 32.0 Å². The third kappa shape index (κ3) is 1.59. The van der Waals surface area contributed by atoms with Crippen LogP contribution in [0.4, 0.5) is 5.69 Å². The van der Waals surface area contributed by atoms with Crippen molar-refractivity contribution in [2.45, 2.75) is 19.9 Å². The van der Waals surface area contributed by atoms with Crippen LogP contribution in [0.2, 0.25) is 0 Å². The molecule has 0 amide bonds. The van der Waals surface area contributed by atoms with Crippen LogP contribution >= 0.6 is 0 Å². The second-order valence-electron chi connectivity index (χ2n) is 3.09. The molecule has 12 heavy (non-hydrogen) atoms. The standard InChI is InChI=1S/C10H16N2/c1-7-5-4-6-9(10(7)11)8(2)12-3/h4-6,8,12H,11H2,1-3H3. The number of rotatable bonds is 2. The lowest BCUT2D eigenvalue weighted by atomic mass is 10.0. The quantitative estimate of drug-likeness (QED) is 0.655. The summed E-state index contributed by atoms with van der Waals surface area (Å²) in [6.07, 6.45) is 0. The molecule has 0 aromatic heterocycles. The first-order valence-corrected chi connectivity index (χ1v) is 4.19. The lowest BCUT2D eigenvalue weighted by Crippen LogP contribution is -2.14. The summed E-state index contributed by atoms with van der Waals surface area (Å²) < 4.78 is 0. The molecule has 0 aliphatic carbocycles. The molecule has 1 atom stereocenters. The fourth-order valence-electron chi connectivity index (χ4n) is 1.24. The summed E-state index contributed by atoms with van der Waals surface area (Å²) in [7, 11) is 1.94. The first-order chi connectivity index (χ1) is 5.66. The molecule has 0 bridgehead atoms. The molecule has 0 saturated heterocycles. The monoisotopic (exact) mass is 164 g/mol. The number of anilines is 1. The molecule has 2 nitrogen and oxygen atoms in total. The molecule has 0 heterocycles. The van der Waals surface area contributed by atoms with E-state index in [0.717, 1.165) is 11.3 Å². The molecule has 1 rings (SSSR count). The van der Waals surface area contributed by atoms with Gasteiger partial charge in [0.2, 0.25) is 0 Å². The van der Waals surface area contributed by atoms with E-state index in [1.165, 1.54) is 5.56 Å². The smallest absolute Gasteiger partial charge is 0.0392 e. The predicted octanol–water partition coefficient (Wildman–Crippen LogP) is 1.86. The summed E-state index contributed by atoms with van der Waals surface area (Å²) in [5, 5.41) is 3.17. The Labute approximate surface area is 73.8 Å². The van der Waals surface area contributed by atoms with Gasteiger partial charge in [0, 0.05) is 11.7 Å². The number of aryl methyl sites for hydroxylation is 1. The summed E-state index contributed by atoms with van der Waals surface area (Å²) in [6.45, 7) is 4.13. The molecule has 2 heteroatoms. The second-order valence-corrected chi connectivity index (χ2v) is 3.09. The van der Waals surface area contributed by atoms with Crippen LogP contribution in [0.25, 0.3) is 0 Å². The first kappa shape index (κ1) is 9.07. The Morgan fingerprint density at radius 3 is 2.67 bits per heavy atom. The van der Waals surface area contributed by atoms with Gasteiger partial charge in [-0.25, -0.2) is 0 Å². The van der Waals surface area contributed by atoms with E-state index in [2.05, 4.69) is 18.3 Å². The van der Waals surface area contributed by atoms with Gasteiger partial charge in [-0.15, -0.1) is 0 Å².